The topological polar surface area (TPSA) is 71.3 Å². The lowest BCUT2D eigenvalue weighted by atomic mass is 10.5. The largest absolute Gasteiger partial charge is 0.358 e. The summed E-state index contributed by atoms with van der Waals surface area (Å²) >= 11 is 5.80. The number of halogens is 1. The van der Waals surface area contributed by atoms with E-state index in [-0.39, 0.29) is 12.5 Å². The van der Waals surface area contributed by atoms with Crippen LogP contribution in [-0.2, 0) is 4.79 Å². The van der Waals surface area contributed by atoms with E-state index in [0.717, 1.165) is 0 Å². The number of hydrogen-bond acceptors (Lipinski definition) is 4. The van der Waals surface area contributed by atoms with Crippen LogP contribution in [0, 0.1) is 0 Å². The van der Waals surface area contributed by atoms with Crippen molar-refractivity contribution < 1.29 is 4.79 Å². The lowest BCUT2D eigenvalue weighted by molar-refractivity contribution is -0.118. The molecule has 84 valence electrons. The lowest BCUT2D eigenvalue weighted by Crippen LogP contribution is -2.26. The smallest absolute Gasteiger partial charge is 0.243 e. The molecule has 7 heteroatoms. The van der Waals surface area contributed by atoms with Crippen molar-refractivity contribution in [2.24, 2.45) is 0 Å². The SMILES string of the molecule is CNC(=O)CNc1nc2ccc(Cl)cn2n1. The molecular weight excluding hydrogens is 230 g/mol. The van der Waals surface area contributed by atoms with Crippen molar-refractivity contribution in [3.8, 4) is 0 Å². The van der Waals surface area contributed by atoms with E-state index in [2.05, 4.69) is 20.7 Å². The summed E-state index contributed by atoms with van der Waals surface area (Å²) in [4.78, 5) is 15.2. The van der Waals surface area contributed by atoms with E-state index in [4.69, 9.17) is 11.6 Å². The second kappa shape index (κ2) is 4.36. The van der Waals surface area contributed by atoms with Gasteiger partial charge in [-0.1, -0.05) is 11.6 Å². The van der Waals surface area contributed by atoms with Gasteiger partial charge in [-0.15, -0.1) is 5.10 Å². The average Bonchev–Trinajstić information content (AvgIpc) is 2.67. The molecule has 0 aliphatic carbocycles. The highest BCUT2D eigenvalue weighted by molar-refractivity contribution is 6.30. The van der Waals surface area contributed by atoms with Crippen LogP contribution in [0.15, 0.2) is 18.3 Å². The van der Waals surface area contributed by atoms with Gasteiger partial charge in [0.05, 0.1) is 11.6 Å². The second-order valence-corrected chi connectivity index (χ2v) is 3.55. The van der Waals surface area contributed by atoms with Crippen LogP contribution >= 0.6 is 11.6 Å². The number of amides is 1. The lowest BCUT2D eigenvalue weighted by Gasteiger charge is -1.98. The number of nitrogens with zero attached hydrogens (tertiary/aromatic N) is 3. The van der Waals surface area contributed by atoms with E-state index < -0.39 is 0 Å². The fourth-order valence-electron chi connectivity index (χ4n) is 1.18. The maximum atomic E-state index is 11.0. The van der Waals surface area contributed by atoms with Crippen molar-refractivity contribution in [3.05, 3.63) is 23.4 Å². The molecule has 6 nitrogen and oxygen atoms in total. The first-order chi connectivity index (χ1) is 7.69. The van der Waals surface area contributed by atoms with E-state index in [1.54, 1.807) is 29.9 Å². The summed E-state index contributed by atoms with van der Waals surface area (Å²) in [6.07, 6.45) is 1.65. The summed E-state index contributed by atoms with van der Waals surface area (Å²) in [7, 11) is 1.57. The van der Waals surface area contributed by atoms with Crippen LogP contribution < -0.4 is 10.6 Å². The van der Waals surface area contributed by atoms with Crippen LogP contribution in [0.4, 0.5) is 5.95 Å². The Hall–Kier alpha value is -1.82. The number of anilines is 1. The minimum Gasteiger partial charge on any atom is -0.358 e. The molecule has 0 bridgehead atoms. The Bertz CT molecular complexity index is 524. The molecule has 16 heavy (non-hydrogen) atoms. The number of hydrogen-bond donors (Lipinski definition) is 2. The standard InChI is InChI=1S/C9H10ClN5O/c1-11-8(16)4-12-9-13-7-3-2-6(10)5-15(7)14-9/h2-3,5H,4H2,1H3,(H,11,16)(H,12,14). The minimum atomic E-state index is -0.128. The van der Waals surface area contributed by atoms with E-state index in [1.807, 2.05) is 0 Å². The molecule has 1 amide bonds. The van der Waals surface area contributed by atoms with Gasteiger partial charge in [-0.3, -0.25) is 4.79 Å². The molecule has 0 saturated heterocycles. The molecule has 0 unspecified atom stereocenters. The number of rotatable bonds is 3. The van der Waals surface area contributed by atoms with Gasteiger partial charge in [0.1, 0.15) is 0 Å². The number of pyridine rings is 1. The van der Waals surface area contributed by atoms with Gasteiger partial charge in [-0.2, -0.15) is 4.98 Å². The van der Waals surface area contributed by atoms with Gasteiger partial charge in [0.15, 0.2) is 5.65 Å². The Morgan fingerprint density at radius 2 is 2.38 bits per heavy atom. The van der Waals surface area contributed by atoms with E-state index in [0.29, 0.717) is 16.6 Å². The van der Waals surface area contributed by atoms with Crippen LogP contribution in [0.5, 0.6) is 0 Å². The Balaban J connectivity index is 2.16. The van der Waals surface area contributed by atoms with Gasteiger partial charge in [0, 0.05) is 13.2 Å². The van der Waals surface area contributed by atoms with Crippen molar-refractivity contribution in [3.63, 3.8) is 0 Å². The predicted molar refractivity (Wildman–Crippen MR) is 60.6 cm³/mol. The summed E-state index contributed by atoms with van der Waals surface area (Å²) in [5, 5.41) is 9.99. The van der Waals surface area contributed by atoms with Crippen LogP contribution in [0.2, 0.25) is 5.02 Å². The first-order valence-electron chi connectivity index (χ1n) is 4.65. The van der Waals surface area contributed by atoms with Gasteiger partial charge in [-0.05, 0) is 12.1 Å². The molecule has 2 rings (SSSR count). The second-order valence-electron chi connectivity index (χ2n) is 3.11. The third-order valence-electron chi connectivity index (χ3n) is 1.98. The third kappa shape index (κ3) is 2.22. The number of carbonyl (C=O) groups is 1. The fourth-order valence-corrected chi connectivity index (χ4v) is 1.34. The first kappa shape index (κ1) is 10.7. The van der Waals surface area contributed by atoms with Gasteiger partial charge in [0.2, 0.25) is 11.9 Å². The van der Waals surface area contributed by atoms with Crippen LogP contribution in [-0.4, -0.2) is 34.1 Å². The Labute approximate surface area is 96.6 Å². The zero-order valence-corrected chi connectivity index (χ0v) is 9.32. The summed E-state index contributed by atoms with van der Waals surface area (Å²) in [6, 6.07) is 3.48. The minimum absolute atomic E-state index is 0.128. The maximum Gasteiger partial charge on any atom is 0.243 e. The number of aromatic nitrogens is 3. The Morgan fingerprint density at radius 3 is 3.12 bits per heavy atom. The van der Waals surface area contributed by atoms with E-state index >= 15 is 0 Å². The molecule has 0 aromatic carbocycles. The molecule has 0 spiro atoms. The van der Waals surface area contributed by atoms with Gasteiger partial charge in [0.25, 0.3) is 0 Å². The molecular formula is C9H10ClN5O. The van der Waals surface area contributed by atoms with E-state index in [9.17, 15) is 4.79 Å². The summed E-state index contributed by atoms with van der Waals surface area (Å²) in [5.74, 6) is 0.266. The normalized spacial score (nSPS) is 10.4. The summed E-state index contributed by atoms with van der Waals surface area (Å²) in [5.41, 5.74) is 0.670. The van der Waals surface area contributed by atoms with Crippen molar-refractivity contribution in [2.75, 3.05) is 18.9 Å². The highest BCUT2D eigenvalue weighted by Crippen LogP contribution is 2.10. The highest BCUT2D eigenvalue weighted by Gasteiger charge is 2.04. The molecule has 2 heterocycles. The molecule has 0 radical (unpaired) electrons. The van der Waals surface area contributed by atoms with Crippen molar-refractivity contribution in [1.82, 2.24) is 19.9 Å². The van der Waals surface area contributed by atoms with Crippen LogP contribution in [0.1, 0.15) is 0 Å². The molecule has 2 N–H and O–H groups in total. The monoisotopic (exact) mass is 239 g/mol. The summed E-state index contributed by atoms with van der Waals surface area (Å²) in [6.45, 7) is 0.140. The zero-order valence-electron chi connectivity index (χ0n) is 8.57. The molecule has 0 atom stereocenters. The quantitative estimate of drug-likeness (QED) is 0.820. The van der Waals surface area contributed by atoms with E-state index in [1.165, 1.54) is 0 Å². The van der Waals surface area contributed by atoms with Crippen molar-refractivity contribution >= 4 is 29.1 Å². The number of likely N-dealkylation sites (N-methyl/N-ethyl adjacent to an activating group) is 1. The van der Waals surface area contributed by atoms with Crippen LogP contribution in [0.25, 0.3) is 5.65 Å². The van der Waals surface area contributed by atoms with Gasteiger partial charge in [-0.25, -0.2) is 4.52 Å². The highest BCUT2D eigenvalue weighted by atomic mass is 35.5. The molecule has 2 aromatic rings. The number of nitrogens with one attached hydrogen (secondary N) is 2. The Kier molecular flexibility index (Phi) is 2.91. The third-order valence-corrected chi connectivity index (χ3v) is 2.20. The van der Waals surface area contributed by atoms with Crippen LogP contribution in [0.3, 0.4) is 0 Å². The maximum absolute atomic E-state index is 11.0. The fraction of sp³-hybridized carbons (Fsp3) is 0.222. The molecule has 0 aliphatic heterocycles. The predicted octanol–water partition coefficient (Wildman–Crippen LogP) is 0.541. The van der Waals surface area contributed by atoms with Crippen molar-refractivity contribution in [2.45, 2.75) is 0 Å². The average molecular weight is 240 g/mol. The van der Waals surface area contributed by atoms with Gasteiger partial charge >= 0.3 is 0 Å². The number of carbonyl (C=O) groups excluding carboxylic acids is 1. The van der Waals surface area contributed by atoms with Crippen molar-refractivity contribution in [1.29, 1.82) is 0 Å². The molecule has 0 saturated carbocycles. The van der Waals surface area contributed by atoms with Gasteiger partial charge < -0.3 is 10.6 Å². The molecule has 2 aromatic heterocycles. The molecule has 0 fully saturated rings. The first-order valence-corrected chi connectivity index (χ1v) is 5.03. The summed E-state index contributed by atoms with van der Waals surface area (Å²) < 4.78 is 1.55. The zero-order chi connectivity index (χ0) is 11.5. The molecule has 0 aliphatic rings. The number of fused-ring (bicyclic) bond motifs is 1. The Morgan fingerprint density at radius 1 is 1.56 bits per heavy atom.